The molecular weight excluding hydrogens is 250 g/mol. The summed E-state index contributed by atoms with van der Waals surface area (Å²) in [7, 11) is 0. The monoisotopic (exact) mass is 269 g/mol. The van der Waals surface area contributed by atoms with E-state index in [-0.39, 0.29) is 5.91 Å². The summed E-state index contributed by atoms with van der Waals surface area (Å²) in [5.74, 6) is 5.26. The summed E-state index contributed by atoms with van der Waals surface area (Å²) in [6, 6.07) is 13.5. The minimum Gasteiger partial charge on any atom is -0.348 e. The average Bonchev–Trinajstić information content (AvgIpc) is 2.46. The van der Waals surface area contributed by atoms with E-state index in [1.54, 1.807) is 12.1 Å². The van der Waals surface area contributed by atoms with Crippen molar-refractivity contribution in [2.45, 2.75) is 20.4 Å². The van der Waals surface area contributed by atoms with Crippen molar-refractivity contribution in [2.75, 3.05) is 5.43 Å². The van der Waals surface area contributed by atoms with E-state index < -0.39 is 0 Å². The molecule has 4 heteroatoms. The fraction of sp³-hybridized carbons (Fsp3) is 0.188. The first kappa shape index (κ1) is 14.1. The third-order valence-electron chi connectivity index (χ3n) is 3.21. The van der Waals surface area contributed by atoms with Crippen LogP contribution in [0.5, 0.6) is 0 Å². The lowest BCUT2D eigenvalue weighted by molar-refractivity contribution is 0.0950. The molecule has 0 aromatic heterocycles. The number of hydrazine groups is 1. The maximum atomic E-state index is 12.1. The molecule has 0 unspecified atom stereocenters. The Labute approximate surface area is 119 Å². The Morgan fingerprint density at radius 3 is 2.40 bits per heavy atom. The highest BCUT2D eigenvalue weighted by Gasteiger charge is 2.08. The number of carbonyl (C=O) groups is 1. The number of carbonyl (C=O) groups excluding carboxylic acids is 1. The third kappa shape index (κ3) is 3.36. The third-order valence-corrected chi connectivity index (χ3v) is 3.21. The van der Waals surface area contributed by atoms with E-state index in [4.69, 9.17) is 5.84 Å². The van der Waals surface area contributed by atoms with Gasteiger partial charge in [-0.2, -0.15) is 0 Å². The number of benzene rings is 2. The smallest absolute Gasteiger partial charge is 0.251 e. The number of hydrogen-bond acceptors (Lipinski definition) is 3. The highest BCUT2D eigenvalue weighted by molar-refractivity contribution is 5.96. The van der Waals surface area contributed by atoms with Gasteiger partial charge in [0.15, 0.2) is 0 Å². The van der Waals surface area contributed by atoms with Crippen molar-refractivity contribution in [3.8, 4) is 0 Å². The van der Waals surface area contributed by atoms with Crippen LogP contribution in [0.2, 0.25) is 0 Å². The van der Waals surface area contributed by atoms with Gasteiger partial charge >= 0.3 is 0 Å². The number of nitrogens with one attached hydrogen (secondary N) is 2. The summed E-state index contributed by atoms with van der Waals surface area (Å²) < 4.78 is 0. The van der Waals surface area contributed by atoms with Gasteiger partial charge in [-0.1, -0.05) is 29.8 Å². The molecule has 104 valence electrons. The Balaban J connectivity index is 2.03. The molecule has 0 saturated carbocycles. The van der Waals surface area contributed by atoms with Gasteiger partial charge < -0.3 is 10.7 Å². The summed E-state index contributed by atoms with van der Waals surface area (Å²) in [5.41, 5.74) is 7.20. The van der Waals surface area contributed by atoms with Crippen molar-refractivity contribution < 1.29 is 4.79 Å². The van der Waals surface area contributed by atoms with Crippen molar-refractivity contribution in [3.05, 3.63) is 64.7 Å². The number of hydrogen-bond donors (Lipinski definition) is 3. The summed E-state index contributed by atoms with van der Waals surface area (Å²) in [6.45, 7) is 4.45. The number of amides is 1. The van der Waals surface area contributed by atoms with Gasteiger partial charge in [-0.25, -0.2) is 0 Å². The first-order valence-corrected chi connectivity index (χ1v) is 6.51. The van der Waals surface area contributed by atoms with Gasteiger partial charge in [0, 0.05) is 17.8 Å². The van der Waals surface area contributed by atoms with Crippen molar-refractivity contribution in [2.24, 2.45) is 5.84 Å². The number of anilines is 1. The van der Waals surface area contributed by atoms with Crippen LogP contribution in [0.4, 0.5) is 5.69 Å². The maximum absolute atomic E-state index is 12.1. The number of rotatable bonds is 4. The van der Waals surface area contributed by atoms with Crippen molar-refractivity contribution >= 4 is 11.6 Å². The zero-order valence-corrected chi connectivity index (χ0v) is 11.7. The van der Waals surface area contributed by atoms with E-state index in [1.807, 2.05) is 44.2 Å². The molecular formula is C16H19N3O. The largest absolute Gasteiger partial charge is 0.348 e. The minimum absolute atomic E-state index is 0.0772. The lowest BCUT2D eigenvalue weighted by atomic mass is 10.1. The topological polar surface area (TPSA) is 67.2 Å². The molecule has 0 aliphatic carbocycles. The Morgan fingerprint density at radius 1 is 1.10 bits per heavy atom. The molecule has 1 amide bonds. The maximum Gasteiger partial charge on any atom is 0.251 e. The molecule has 4 nitrogen and oxygen atoms in total. The highest BCUT2D eigenvalue weighted by Crippen LogP contribution is 2.14. The van der Waals surface area contributed by atoms with Crippen LogP contribution in [-0.4, -0.2) is 5.91 Å². The lowest BCUT2D eigenvalue weighted by Crippen LogP contribution is -2.23. The zero-order valence-electron chi connectivity index (χ0n) is 11.7. The molecule has 0 atom stereocenters. The molecule has 2 rings (SSSR count). The van der Waals surface area contributed by atoms with Crippen LogP contribution in [0.25, 0.3) is 0 Å². The SMILES string of the molecule is Cc1ccc(CNC(=O)c2ccc(NN)cc2C)cc1. The second-order valence-electron chi connectivity index (χ2n) is 4.84. The zero-order chi connectivity index (χ0) is 14.5. The van der Waals surface area contributed by atoms with Crippen LogP contribution in [0.3, 0.4) is 0 Å². The van der Waals surface area contributed by atoms with E-state index in [2.05, 4.69) is 10.7 Å². The molecule has 20 heavy (non-hydrogen) atoms. The standard InChI is InChI=1S/C16H19N3O/c1-11-3-5-13(6-4-11)10-18-16(20)15-8-7-14(19-17)9-12(15)2/h3-9,19H,10,17H2,1-2H3,(H,18,20). The first-order valence-electron chi connectivity index (χ1n) is 6.51. The van der Waals surface area contributed by atoms with E-state index >= 15 is 0 Å². The summed E-state index contributed by atoms with van der Waals surface area (Å²) >= 11 is 0. The second-order valence-corrected chi connectivity index (χ2v) is 4.84. The molecule has 0 fully saturated rings. The molecule has 0 radical (unpaired) electrons. The molecule has 0 saturated heterocycles. The summed E-state index contributed by atoms with van der Waals surface area (Å²) in [6.07, 6.45) is 0. The van der Waals surface area contributed by atoms with E-state index in [0.717, 1.165) is 16.8 Å². The predicted molar refractivity (Wildman–Crippen MR) is 81.3 cm³/mol. The lowest BCUT2D eigenvalue weighted by Gasteiger charge is -2.09. The number of nitrogens with two attached hydrogens (primary N) is 1. The van der Waals surface area contributed by atoms with Gasteiger partial charge in [0.05, 0.1) is 0 Å². The van der Waals surface area contributed by atoms with Crippen LogP contribution in [0.15, 0.2) is 42.5 Å². The van der Waals surface area contributed by atoms with Crippen LogP contribution in [0.1, 0.15) is 27.0 Å². The second kappa shape index (κ2) is 6.21. The number of aryl methyl sites for hydroxylation is 2. The van der Waals surface area contributed by atoms with Gasteiger partial charge in [0.1, 0.15) is 0 Å². The molecule has 2 aromatic rings. The molecule has 0 aliphatic rings. The Morgan fingerprint density at radius 2 is 1.80 bits per heavy atom. The Bertz CT molecular complexity index is 606. The van der Waals surface area contributed by atoms with Crippen molar-refractivity contribution in [1.82, 2.24) is 5.32 Å². The molecule has 0 spiro atoms. The van der Waals surface area contributed by atoms with Crippen LogP contribution in [-0.2, 0) is 6.54 Å². The molecule has 2 aromatic carbocycles. The summed E-state index contributed by atoms with van der Waals surface area (Å²) in [4.78, 5) is 12.1. The van der Waals surface area contributed by atoms with Gasteiger partial charge in [-0.05, 0) is 43.2 Å². The van der Waals surface area contributed by atoms with Gasteiger partial charge in [0.2, 0.25) is 0 Å². The Kier molecular flexibility index (Phi) is 4.38. The molecule has 0 aliphatic heterocycles. The van der Waals surface area contributed by atoms with Gasteiger partial charge in [0.25, 0.3) is 5.91 Å². The van der Waals surface area contributed by atoms with E-state index in [0.29, 0.717) is 12.1 Å². The quantitative estimate of drug-likeness (QED) is 0.590. The number of nitrogen functional groups attached to an aromatic ring is 1. The first-order chi connectivity index (χ1) is 9.60. The summed E-state index contributed by atoms with van der Waals surface area (Å²) in [5, 5.41) is 2.92. The van der Waals surface area contributed by atoms with E-state index in [1.165, 1.54) is 5.56 Å². The average molecular weight is 269 g/mol. The van der Waals surface area contributed by atoms with Crippen molar-refractivity contribution in [3.63, 3.8) is 0 Å². The molecule has 0 bridgehead atoms. The fourth-order valence-corrected chi connectivity index (χ4v) is 1.99. The molecule has 0 heterocycles. The Hall–Kier alpha value is -2.33. The highest BCUT2D eigenvalue weighted by atomic mass is 16.1. The van der Waals surface area contributed by atoms with Gasteiger partial charge in [-0.15, -0.1) is 0 Å². The van der Waals surface area contributed by atoms with Crippen molar-refractivity contribution in [1.29, 1.82) is 0 Å². The van der Waals surface area contributed by atoms with E-state index in [9.17, 15) is 4.79 Å². The molecule has 4 N–H and O–H groups in total. The van der Waals surface area contributed by atoms with Gasteiger partial charge in [-0.3, -0.25) is 10.6 Å². The van der Waals surface area contributed by atoms with Crippen LogP contribution in [0, 0.1) is 13.8 Å². The van der Waals surface area contributed by atoms with Crippen LogP contribution >= 0.6 is 0 Å². The normalized spacial score (nSPS) is 10.2. The minimum atomic E-state index is -0.0772. The van der Waals surface area contributed by atoms with Crippen LogP contribution < -0.4 is 16.6 Å². The predicted octanol–water partition coefficient (Wildman–Crippen LogP) is 2.52. The fourth-order valence-electron chi connectivity index (χ4n) is 1.99.